The Balaban J connectivity index is 1.70. The summed E-state index contributed by atoms with van der Waals surface area (Å²) >= 11 is -0.840. The number of aliphatic hydroxyl groups excluding tert-OH is 1. The zero-order valence-electron chi connectivity index (χ0n) is 16.0. The van der Waals surface area contributed by atoms with E-state index in [9.17, 15) is 14.5 Å². The van der Waals surface area contributed by atoms with Gasteiger partial charge in [0.25, 0.3) is 0 Å². The molecule has 5 saturated carbocycles. The van der Waals surface area contributed by atoms with Crippen molar-refractivity contribution in [1.82, 2.24) is 0 Å². The highest BCUT2D eigenvalue weighted by molar-refractivity contribution is 7.90. The van der Waals surface area contributed by atoms with Gasteiger partial charge >= 0.3 is 0 Å². The second-order valence-electron chi connectivity index (χ2n) is 10.2. The molecule has 0 radical (unpaired) electrons. The maximum absolute atomic E-state index is 12.0. The summed E-state index contributed by atoms with van der Waals surface area (Å²) in [5.74, 6) is 2.40. The predicted octanol–water partition coefficient (Wildman–Crippen LogP) is 3.56. The maximum atomic E-state index is 12.0. The fraction of sp³-hybridized carbons (Fsp3) is 0.952. The molecular weight excluding hydrogens is 332 g/mol. The largest absolute Gasteiger partial charge is 0.617 e. The number of hydrogen-bond acceptors (Lipinski definition) is 3. The van der Waals surface area contributed by atoms with Crippen LogP contribution in [-0.4, -0.2) is 34.1 Å². The molecule has 4 heteroatoms. The molecule has 25 heavy (non-hydrogen) atoms. The van der Waals surface area contributed by atoms with Gasteiger partial charge in [-0.15, -0.1) is 0 Å². The molecular formula is C21H34O3S. The maximum Gasteiger partial charge on any atom is 0.126 e. The molecule has 0 amide bonds. The summed E-state index contributed by atoms with van der Waals surface area (Å²) in [6.45, 7) is 4.62. The van der Waals surface area contributed by atoms with Crippen LogP contribution in [0, 0.1) is 39.9 Å². The second-order valence-corrected chi connectivity index (χ2v) is 11.7. The van der Waals surface area contributed by atoms with E-state index in [2.05, 4.69) is 13.8 Å². The van der Waals surface area contributed by atoms with Gasteiger partial charge in [0.05, 0.1) is 12.4 Å². The fourth-order valence-electron chi connectivity index (χ4n) is 8.16. The molecule has 0 aliphatic heterocycles. The van der Waals surface area contributed by atoms with Gasteiger partial charge in [0.15, 0.2) is 0 Å². The Kier molecular flexibility index (Phi) is 4.37. The molecule has 0 aromatic carbocycles. The molecule has 1 spiro atoms. The molecule has 1 N–H and O–H groups in total. The summed E-state index contributed by atoms with van der Waals surface area (Å²) in [4.78, 5) is 12.0. The number of aliphatic hydroxyl groups is 1. The molecule has 0 heterocycles. The first-order valence-electron chi connectivity index (χ1n) is 10.2. The van der Waals surface area contributed by atoms with Crippen molar-refractivity contribution in [3.05, 3.63) is 0 Å². The minimum Gasteiger partial charge on any atom is -0.617 e. The molecule has 0 aromatic rings. The first-order chi connectivity index (χ1) is 11.8. The SMILES string of the molecule is C[S+]([O-])C[C@H]1[C@H]2CC[C@@]3(CC[C@H]4[C@@](C)(CCC[C@@]4(C)C=O)[C@@H]3C2)[C@@H]1O. The molecule has 5 rings (SSSR count). The van der Waals surface area contributed by atoms with Crippen LogP contribution in [-0.2, 0) is 16.0 Å². The minimum atomic E-state index is -0.840. The Labute approximate surface area is 155 Å². The van der Waals surface area contributed by atoms with Crippen molar-refractivity contribution in [2.24, 2.45) is 39.9 Å². The summed E-state index contributed by atoms with van der Waals surface area (Å²) < 4.78 is 11.9. The molecule has 2 bridgehead atoms. The van der Waals surface area contributed by atoms with Gasteiger partial charge < -0.3 is 14.5 Å². The molecule has 3 nitrogen and oxygen atoms in total. The van der Waals surface area contributed by atoms with E-state index < -0.39 is 11.2 Å². The third-order valence-corrected chi connectivity index (χ3v) is 10.1. The molecule has 142 valence electrons. The van der Waals surface area contributed by atoms with Crippen LogP contribution in [0.2, 0.25) is 0 Å². The van der Waals surface area contributed by atoms with E-state index >= 15 is 0 Å². The summed E-state index contributed by atoms with van der Waals surface area (Å²) in [6.07, 6.45) is 11.7. The van der Waals surface area contributed by atoms with Gasteiger partial charge in [-0.05, 0) is 68.1 Å². The van der Waals surface area contributed by atoms with Gasteiger partial charge in [0, 0.05) is 16.7 Å². The average molecular weight is 367 g/mol. The topological polar surface area (TPSA) is 60.4 Å². The van der Waals surface area contributed by atoms with Gasteiger partial charge in [-0.1, -0.05) is 31.4 Å². The van der Waals surface area contributed by atoms with Crippen molar-refractivity contribution in [2.75, 3.05) is 12.0 Å². The van der Waals surface area contributed by atoms with Crippen LogP contribution < -0.4 is 0 Å². The molecule has 0 aromatic heterocycles. The van der Waals surface area contributed by atoms with E-state index in [1.54, 1.807) is 6.26 Å². The van der Waals surface area contributed by atoms with E-state index in [0.29, 0.717) is 23.5 Å². The molecule has 0 saturated heterocycles. The van der Waals surface area contributed by atoms with E-state index in [4.69, 9.17) is 0 Å². The highest BCUT2D eigenvalue weighted by Gasteiger charge is 2.67. The molecule has 1 unspecified atom stereocenters. The molecule has 9 atom stereocenters. The highest BCUT2D eigenvalue weighted by Crippen LogP contribution is 2.72. The summed E-state index contributed by atoms with van der Waals surface area (Å²) in [5.41, 5.74) is 0.0217. The lowest BCUT2D eigenvalue weighted by Crippen LogP contribution is -2.67. The lowest BCUT2D eigenvalue weighted by atomic mass is 9.36. The van der Waals surface area contributed by atoms with Crippen LogP contribution in [0.15, 0.2) is 0 Å². The average Bonchev–Trinajstić information content (AvgIpc) is 2.57. The van der Waals surface area contributed by atoms with Crippen molar-refractivity contribution < 1.29 is 14.5 Å². The number of hydrogen-bond donors (Lipinski definition) is 1. The first kappa shape index (κ1) is 18.3. The quantitative estimate of drug-likeness (QED) is 0.614. The number of carbonyl (C=O) groups is 1. The Morgan fingerprint density at radius 3 is 2.56 bits per heavy atom. The van der Waals surface area contributed by atoms with Crippen LogP contribution in [0.3, 0.4) is 0 Å². The zero-order chi connectivity index (χ0) is 18.0. The Hall–Kier alpha value is -0.0600. The number of fused-ring (bicyclic) bond motifs is 3. The lowest BCUT2D eigenvalue weighted by Gasteiger charge is -2.69. The Bertz CT molecular complexity index is 551. The van der Waals surface area contributed by atoms with Crippen molar-refractivity contribution in [2.45, 2.75) is 71.3 Å². The summed E-state index contributed by atoms with van der Waals surface area (Å²) in [7, 11) is 0. The van der Waals surface area contributed by atoms with Gasteiger partial charge in [-0.3, -0.25) is 0 Å². The van der Waals surface area contributed by atoms with Crippen molar-refractivity contribution in [3.8, 4) is 0 Å². The van der Waals surface area contributed by atoms with E-state index in [1.807, 2.05) is 0 Å². The third kappa shape index (κ3) is 2.42. The highest BCUT2D eigenvalue weighted by atomic mass is 32.2. The number of aldehydes is 1. The van der Waals surface area contributed by atoms with E-state index in [1.165, 1.54) is 25.5 Å². The van der Waals surface area contributed by atoms with E-state index in [-0.39, 0.29) is 28.3 Å². The van der Waals surface area contributed by atoms with Crippen LogP contribution in [0.25, 0.3) is 0 Å². The molecule has 5 fully saturated rings. The summed E-state index contributed by atoms with van der Waals surface area (Å²) in [6, 6.07) is 0. The smallest absolute Gasteiger partial charge is 0.126 e. The first-order valence-corrected chi connectivity index (χ1v) is 11.9. The number of carbonyl (C=O) groups excluding carboxylic acids is 1. The molecule has 5 aliphatic carbocycles. The lowest BCUT2D eigenvalue weighted by molar-refractivity contribution is -0.237. The van der Waals surface area contributed by atoms with Crippen molar-refractivity contribution in [3.63, 3.8) is 0 Å². The third-order valence-electron chi connectivity index (χ3n) is 9.23. The van der Waals surface area contributed by atoms with Gasteiger partial charge in [-0.2, -0.15) is 0 Å². The fourth-order valence-corrected chi connectivity index (χ4v) is 9.16. The van der Waals surface area contributed by atoms with E-state index in [0.717, 1.165) is 32.1 Å². The van der Waals surface area contributed by atoms with Crippen LogP contribution >= 0.6 is 0 Å². The second kappa shape index (κ2) is 5.97. The van der Waals surface area contributed by atoms with Crippen molar-refractivity contribution in [1.29, 1.82) is 0 Å². The van der Waals surface area contributed by atoms with Crippen molar-refractivity contribution >= 4 is 17.5 Å². The Morgan fingerprint density at radius 1 is 1.16 bits per heavy atom. The normalized spacial score (nSPS) is 56.0. The Morgan fingerprint density at radius 2 is 1.88 bits per heavy atom. The molecule has 5 aliphatic rings. The standard InChI is InChI=1S/C21H34O3S/c1-19(13-22)7-4-8-20(2)16(19)6-10-21-9-5-14(11-17(20)21)15(18(21)23)12-25(3)24/h13-18,23H,4-12H2,1-3H3/t14-,15-,16+,17-,18+,19-,20+,21-,25?/m0/s1. The monoisotopic (exact) mass is 366 g/mol. The van der Waals surface area contributed by atoms with Gasteiger partial charge in [0.2, 0.25) is 0 Å². The predicted molar refractivity (Wildman–Crippen MR) is 101 cm³/mol. The van der Waals surface area contributed by atoms with Gasteiger partial charge in [-0.25, -0.2) is 0 Å². The summed E-state index contributed by atoms with van der Waals surface area (Å²) in [5, 5.41) is 11.4. The van der Waals surface area contributed by atoms with Gasteiger partial charge in [0.1, 0.15) is 12.0 Å². The van der Waals surface area contributed by atoms with Crippen LogP contribution in [0.4, 0.5) is 0 Å². The van der Waals surface area contributed by atoms with Crippen LogP contribution in [0.1, 0.15) is 65.2 Å². The van der Waals surface area contributed by atoms with Crippen LogP contribution in [0.5, 0.6) is 0 Å². The number of rotatable bonds is 3. The zero-order valence-corrected chi connectivity index (χ0v) is 16.8. The minimum absolute atomic E-state index is 0.0190.